The fourth-order valence-electron chi connectivity index (χ4n) is 12.8. The molecular weight excluding hydrogens is 1180 g/mol. The van der Waals surface area contributed by atoms with E-state index in [1.54, 1.807) is 0 Å². The molecule has 23 heteroatoms. The van der Waals surface area contributed by atoms with E-state index in [-0.39, 0.29) is 18.9 Å². The average Bonchev–Trinajstić information content (AvgIpc) is 0.776. The van der Waals surface area contributed by atoms with E-state index in [2.05, 4.69) is 24.5 Å². The van der Waals surface area contributed by atoms with Crippen molar-refractivity contribution in [1.29, 1.82) is 0 Å². The highest BCUT2D eigenvalue weighted by atomic mass is 16.8. The molecule has 536 valence electrons. The molecule has 3 saturated heterocycles. The van der Waals surface area contributed by atoms with Crippen LogP contribution >= 0.6 is 0 Å². The first-order chi connectivity index (χ1) is 43.9. The molecule has 0 radical (unpaired) electrons. The predicted molar refractivity (Wildman–Crippen MR) is 343 cm³/mol. The number of carbonyl (C=O) groups is 3. The Balaban J connectivity index is 1.50. The summed E-state index contributed by atoms with van der Waals surface area (Å²) in [7, 11) is 0. The number of nitrogens with one attached hydrogen (secondary N) is 2. The summed E-state index contributed by atoms with van der Waals surface area (Å²) < 4.78 is 34.8. The van der Waals surface area contributed by atoms with Gasteiger partial charge in [0.2, 0.25) is 11.8 Å². The molecule has 0 spiro atoms. The molecule has 14 N–H and O–H groups in total. The third-order valence-corrected chi connectivity index (χ3v) is 18.6. The third kappa shape index (κ3) is 31.7. The highest BCUT2D eigenvalue weighted by Gasteiger charge is 2.60. The van der Waals surface area contributed by atoms with Gasteiger partial charge in [-0.25, -0.2) is 4.79 Å². The van der Waals surface area contributed by atoms with Crippen LogP contribution in [0.2, 0.25) is 0 Å². The van der Waals surface area contributed by atoms with Gasteiger partial charge in [0, 0.05) is 19.8 Å². The lowest BCUT2D eigenvalue weighted by atomic mass is 9.88. The Kier molecular flexibility index (Phi) is 44.9. The zero-order valence-electron chi connectivity index (χ0n) is 56.0. The first-order valence-electron chi connectivity index (χ1n) is 35.9. The molecule has 0 aromatic heterocycles. The van der Waals surface area contributed by atoms with Gasteiger partial charge >= 0.3 is 5.97 Å². The number of ether oxygens (including phenoxy) is 6. The van der Waals surface area contributed by atoms with Gasteiger partial charge < -0.3 is 100 Å². The summed E-state index contributed by atoms with van der Waals surface area (Å²) in [6.07, 6.45) is 17.1. The number of amides is 2. The second kappa shape index (κ2) is 49.3. The van der Waals surface area contributed by atoms with E-state index >= 15 is 0 Å². The Labute approximate surface area is 544 Å². The molecule has 2 amide bonds. The van der Waals surface area contributed by atoms with Gasteiger partial charge in [0.05, 0.1) is 50.7 Å². The fraction of sp³-hybridized carbons (Fsp3) is 0.956. The van der Waals surface area contributed by atoms with Gasteiger partial charge in [-0.05, 0) is 12.8 Å². The van der Waals surface area contributed by atoms with Crippen molar-refractivity contribution in [1.82, 2.24) is 10.6 Å². The molecule has 3 heterocycles. The quantitative estimate of drug-likeness (QED) is 0.0275. The van der Waals surface area contributed by atoms with Gasteiger partial charge in [0.25, 0.3) is 5.79 Å². The molecule has 18 atom stereocenters. The highest BCUT2D eigenvalue weighted by molar-refractivity contribution is 5.77. The number of carbonyl (C=O) groups excluding carboxylic acids is 2. The summed E-state index contributed by atoms with van der Waals surface area (Å²) >= 11 is 0. The maximum atomic E-state index is 13.4. The third-order valence-electron chi connectivity index (χ3n) is 18.6. The van der Waals surface area contributed by atoms with E-state index in [0.29, 0.717) is 19.3 Å². The van der Waals surface area contributed by atoms with Crippen LogP contribution in [0.5, 0.6) is 0 Å². The number of hydrogen-bond acceptors (Lipinski definition) is 20. The molecule has 0 aromatic carbocycles. The standard InChI is InChI=1S/C68H128N2O21/c1-4-6-8-10-12-14-16-17-18-19-20-21-22-23-24-25-26-27-28-29-30-31-32-34-36-38-40-42-55(78)70-49(50(75)41-39-37-35-33-15-13-11-9-7-5-2)47-86-65-60(82)59(81)62(54(46-73)88-65)89-66-61(83)64(58(80)53(45-72)87-66)91-68(67(84)85)43-51(76)56(69-48(3)74)63(90-68)57(79)52(77)44-71/h49-54,56-66,71-73,75-77,79-83H,4-47H2,1-3H3,(H,69,74)(H,70,78)(H,84,85). The fourth-order valence-corrected chi connectivity index (χ4v) is 12.8. The average molecular weight is 1310 g/mol. The zero-order chi connectivity index (χ0) is 66.8. The number of rotatable bonds is 55. The van der Waals surface area contributed by atoms with Crippen molar-refractivity contribution >= 4 is 17.8 Å². The number of hydrogen-bond donors (Lipinski definition) is 14. The van der Waals surface area contributed by atoms with E-state index < -0.39 is 148 Å². The summed E-state index contributed by atoms with van der Waals surface area (Å²) in [5.74, 6) is -6.09. The second-order valence-electron chi connectivity index (χ2n) is 26.5. The van der Waals surface area contributed by atoms with Crippen molar-refractivity contribution in [2.24, 2.45) is 0 Å². The van der Waals surface area contributed by atoms with E-state index in [9.17, 15) is 75.7 Å². The normalized spacial score (nSPS) is 28.4. The Hall–Kier alpha value is -2.27. The molecule has 18 unspecified atom stereocenters. The van der Waals surface area contributed by atoms with Crippen molar-refractivity contribution in [3.63, 3.8) is 0 Å². The molecule has 0 bridgehead atoms. The Morgan fingerprint density at radius 3 is 1.37 bits per heavy atom. The van der Waals surface area contributed by atoms with Crippen molar-refractivity contribution < 1.29 is 104 Å². The van der Waals surface area contributed by atoms with Gasteiger partial charge in [0.15, 0.2) is 12.6 Å². The van der Waals surface area contributed by atoms with Crippen LogP contribution < -0.4 is 10.6 Å². The Morgan fingerprint density at radius 1 is 0.527 bits per heavy atom. The largest absolute Gasteiger partial charge is 0.477 e. The van der Waals surface area contributed by atoms with Gasteiger partial charge in [-0.15, -0.1) is 0 Å². The number of carboxylic acids is 1. The minimum Gasteiger partial charge on any atom is -0.477 e. The van der Waals surface area contributed by atoms with Crippen molar-refractivity contribution in [2.75, 3.05) is 26.4 Å². The minimum absolute atomic E-state index is 0.229. The predicted octanol–water partition coefficient (Wildman–Crippen LogP) is 6.90. The maximum Gasteiger partial charge on any atom is 0.364 e. The van der Waals surface area contributed by atoms with Crippen molar-refractivity contribution in [3.05, 3.63) is 0 Å². The summed E-state index contributed by atoms with van der Waals surface area (Å²) in [5, 5.41) is 136. The van der Waals surface area contributed by atoms with Gasteiger partial charge in [0.1, 0.15) is 67.1 Å². The number of aliphatic carboxylic acids is 1. The summed E-state index contributed by atoms with van der Waals surface area (Å²) in [5.41, 5.74) is 0. The summed E-state index contributed by atoms with van der Waals surface area (Å²) in [4.78, 5) is 38.5. The summed E-state index contributed by atoms with van der Waals surface area (Å²) in [6.45, 7) is 2.20. The molecular formula is C68H128N2O21. The van der Waals surface area contributed by atoms with Crippen LogP contribution in [-0.2, 0) is 42.8 Å². The zero-order valence-corrected chi connectivity index (χ0v) is 56.0. The molecule has 0 aromatic rings. The summed E-state index contributed by atoms with van der Waals surface area (Å²) in [6, 6.07) is -2.52. The smallest absolute Gasteiger partial charge is 0.364 e. The lowest BCUT2D eigenvalue weighted by molar-refractivity contribution is -0.386. The minimum atomic E-state index is -3.08. The molecule has 0 aliphatic carbocycles. The number of carboxylic acid groups (broad SMARTS) is 1. The molecule has 3 fully saturated rings. The molecule has 23 nitrogen and oxygen atoms in total. The lowest BCUT2D eigenvalue weighted by Crippen LogP contribution is -2.70. The number of aliphatic hydroxyl groups is 11. The molecule has 3 aliphatic heterocycles. The van der Waals surface area contributed by atoms with E-state index in [0.717, 1.165) is 51.9 Å². The highest BCUT2D eigenvalue weighted by Crippen LogP contribution is 2.39. The van der Waals surface area contributed by atoms with E-state index in [4.69, 9.17) is 28.4 Å². The SMILES string of the molecule is CCCCCCCCCCCCCCCCCCCCCCCCCCCCCC(=O)NC(COC1OC(CO)C(OC2OC(CO)C(O)C(OC3(C(=O)O)CC(O)C(NC(C)=O)C(C(O)C(O)CO)O3)C2O)C(O)C1O)C(O)CCCCCCCCCCCC. The lowest BCUT2D eigenvalue weighted by Gasteiger charge is -2.50. The van der Waals surface area contributed by atoms with E-state index in [1.807, 2.05) is 0 Å². The number of unbranched alkanes of at least 4 members (excludes halogenated alkanes) is 35. The van der Waals surface area contributed by atoms with Crippen LogP contribution in [0.3, 0.4) is 0 Å². The molecule has 3 aliphatic rings. The molecule has 0 saturated carbocycles. The van der Waals surface area contributed by atoms with Crippen molar-refractivity contribution in [2.45, 2.75) is 387 Å². The van der Waals surface area contributed by atoms with Crippen LogP contribution in [0.25, 0.3) is 0 Å². The molecule has 3 rings (SSSR count). The first-order valence-corrected chi connectivity index (χ1v) is 35.9. The van der Waals surface area contributed by atoms with Crippen LogP contribution in [-0.4, -0.2) is 215 Å². The van der Waals surface area contributed by atoms with Crippen LogP contribution in [0.15, 0.2) is 0 Å². The Morgan fingerprint density at radius 2 is 0.956 bits per heavy atom. The maximum absolute atomic E-state index is 13.4. The van der Waals surface area contributed by atoms with Gasteiger partial charge in [-0.3, -0.25) is 9.59 Å². The van der Waals surface area contributed by atoms with Gasteiger partial charge in [-0.2, -0.15) is 0 Å². The Bertz CT molecular complexity index is 1850. The van der Waals surface area contributed by atoms with E-state index in [1.165, 1.54) is 180 Å². The topological polar surface area (TPSA) is 373 Å². The van der Waals surface area contributed by atoms with Gasteiger partial charge in [-0.1, -0.05) is 245 Å². The van der Waals surface area contributed by atoms with Crippen LogP contribution in [0, 0.1) is 0 Å². The van der Waals surface area contributed by atoms with Crippen molar-refractivity contribution in [3.8, 4) is 0 Å². The molecule has 91 heavy (non-hydrogen) atoms. The second-order valence-corrected chi connectivity index (χ2v) is 26.5. The first kappa shape index (κ1) is 83.0. The number of aliphatic hydroxyl groups excluding tert-OH is 11. The van der Waals surface area contributed by atoms with Crippen LogP contribution in [0.1, 0.15) is 278 Å². The monoisotopic (exact) mass is 1310 g/mol. The van der Waals surface area contributed by atoms with Crippen LogP contribution in [0.4, 0.5) is 0 Å².